The van der Waals surface area contributed by atoms with Crippen LogP contribution in [0.25, 0.3) is 0 Å². The predicted molar refractivity (Wildman–Crippen MR) is 84.2 cm³/mol. The highest BCUT2D eigenvalue weighted by Gasteiger charge is 2.37. The van der Waals surface area contributed by atoms with Crippen LogP contribution in [0.3, 0.4) is 0 Å². The number of amides is 2. The van der Waals surface area contributed by atoms with E-state index in [2.05, 4.69) is 0 Å². The molecule has 1 saturated heterocycles. The second-order valence-electron chi connectivity index (χ2n) is 5.62. The maximum absolute atomic E-state index is 14.0. The van der Waals surface area contributed by atoms with Crippen LogP contribution in [0.4, 0.5) is 23.7 Å². The molecule has 7 heteroatoms. The first-order valence-electron chi connectivity index (χ1n) is 7.14. The van der Waals surface area contributed by atoms with Crippen molar-refractivity contribution in [2.75, 3.05) is 18.5 Å². The monoisotopic (exact) mass is 318 g/mol. The largest absolute Gasteiger partial charge is 0.324 e. The summed E-state index contributed by atoms with van der Waals surface area (Å²) in [6, 6.07) is 6.88. The molecule has 1 heterocycles. The number of urea groups is 1. The van der Waals surface area contributed by atoms with Crippen LogP contribution in [0.1, 0.15) is 11.6 Å². The van der Waals surface area contributed by atoms with Gasteiger partial charge in [-0.15, -0.1) is 0 Å². The van der Waals surface area contributed by atoms with Gasteiger partial charge in [-0.1, -0.05) is 17.6 Å². The fourth-order valence-electron chi connectivity index (χ4n) is 2.74. The van der Waals surface area contributed by atoms with Gasteiger partial charge in [0.25, 0.3) is 0 Å². The molecule has 2 aromatic rings. The van der Waals surface area contributed by atoms with E-state index in [4.69, 9.17) is 0 Å². The van der Waals surface area contributed by atoms with Crippen LogP contribution in [0, 0.1) is 17.5 Å². The molecule has 23 heavy (non-hydrogen) atoms. The van der Waals surface area contributed by atoms with E-state index in [-0.39, 0.29) is 18.1 Å². The van der Waals surface area contributed by atoms with Gasteiger partial charge in [0.05, 0.1) is 12.6 Å². The molecule has 1 atom stereocenters. The summed E-state index contributed by atoms with van der Waals surface area (Å²) in [6.45, 7) is 0.167. The molecule has 1 aliphatic heterocycles. The molecule has 0 N–H and O–H groups in total. The van der Waals surface area contributed by atoms with Crippen LogP contribution in [-0.4, -0.2) is 32.4 Å². The molecule has 0 aliphatic carbocycles. The lowest BCUT2D eigenvalue weighted by atomic mass is 9.95. The summed E-state index contributed by atoms with van der Waals surface area (Å²) in [7, 11) is 3.17. The standard InChI is InChI=1S/C16H14BF3N2O/c1-21-15(11-4-2-9(18)6-13(11)19)8-22(16(21)23)10-3-5-12(17)14(20)7-10/h2-7,15H,8,17H2,1H3. The summed E-state index contributed by atoms with van der Waals surface area (Å²) in [5.41, 5.74) is 1.13. The van der Waals surface area contributed by atoms with Gasteiger partial charge in [-0.2, -0.15) is 0 Å². The van der Waals surface area contributed by atoms with Crippen molar-refractivity contribution in [2.45, 2.75) is 6.04 Å². The molecule has 1 unspecified atom stereocenters. The fraction of sp³-hybridized carbons (Fsp3) is 0.188. The molecule has 0 spiro atoms. The highest BCUT2D eigenvalue weighted by molar-refractivity contribution is 6.32. The number of rotatable bonds is 2. The van der Waals surface area contributed by atoms with Gasteiger partial charge in [0.1, 0.15) is 25.3 Å². The van der Waals surface area contributed by atoms with Crippen LogP contribution in [-0.2, 0) is 0 Å². The van der Waals surface area contributed by atoms with Gasteiger partial charge in [-0.3, -0.25) is 4.90 Å². The van der Waals surface area contributed by atoms with Crippen LogP contribution < -0.4 is 10.4 Å². The quantitative estimate of drug-likeness (QED) is 0.777. The molecule has 0 saturated carbocycles. The maximum atomic E-state index is 14.0. The fourth-order valence-corrected chi connectivity index (χ4v) is 2.74. The highest BCUT2D eigenvalue weighted by Crippen LogP contribution is 2.33. The van der Waals surface area contributed by atoms with E-state index in [1.165, 1.54) is 21.9 Å². The molecular weight excluding hydrogens is 304 g/mol. The van der Waals surface area contributed by atoms with Crippen LogP contribution >= 0.6 is 0 Å². The Kier molecular flexibility index (Phi) is 3.79. The van der Waals surface area contributed by atoms with Crippen molar-refractivity contribution in [3.63, 3.8) is 0 Å². The average Bonchev–Trinajstić information content (AvgIpc) is 2.79. The Labute approximate surface area is 132 Å². The van der Waals surface area contributed by atoms with Crippen molar-refractivity contribution in [3.05, 3.63) is 59.4 Å². The summed E-state index contributed by atoms with van der Waals surface area (Å²) in [5.74, 6) is -1.78. The zero-order valence-electron chi connectivity index (χ0n) is 12.7. The molecule has 2 aromatic carbocycles. The third-order valence-electron chi connectivity index (χ3n) is 4.14. The highest BCUT2D eigenvalue weighted by atomic mass is 19.1. The summed E-state index contributed by atoms with van der Waals surface area (Å²) < 4.78 is 40.8. The van der Waals surface area contributed by atoms with Crippen molar-refractivity contribution in [1.82, 2.24) is 4.90 Å². The summed E-state index contributed by atoms with van der Waals surface area (Å²) >= 11 is 0. The van der Waals surface area contributed by atoms with E-state index >= 15 is 0 Å². The van der Waals surface area contributed by atoms with E-state index in [9.17, 15) is 18.0 Å². The van der Waals surface area contributed by atoms with Crippen molar-refractivity contribution >= 4 is 25.0 Å². The third kappa shape index (κ3) is 2.67. The number of carbonyl (C=O) groups is 1. The minimum Gasteiger partial charge on any atom is -0.318 e. The zero-order chi connectivity index (χ0) is 16.7. The molecule has 0 radical (unpaired) electrons. The van der Waals surface area contributed by atoms with E-state index < -0.39 is 23.5 Å². The van der Waals surface area contributed by atoms with Gasteiger partial charge in [-0.05, 0) is 18.2 Å². The maximum Gasteiger partial charge on any atom is 0.324 e. The van der Waals surface area contributed by atoms with Gasteiger partial charge in [0, 0.05) is 24.4 Å². The number of carbonyl (C=O) groups excluding carboxylic acids is 1. The summed E-state index contributed by atoms with van der Waals surface area (Å²) in [4.78, 5) is 15.2. The topological polar surface area (TPSA) is 23.6 Å². The molecular formula is C16H14BF3N2O. The minimum atomic E-state index is -0.702. The number of nitrogens with zero attached hydrogens (tertiary/aromatic N) is 2. The number of anilines is 1. The SMILES string of the molecule is Bc1ccc(N2CC(c3ccc(F)cc3F)N(C)C2=O)cc1F. The molecule has 1 fully saturated rings. The Morgan fingerprint density at radius 3 is 2.48 bits per heavy atom. The van der Waals surface area contributed by atoms with Gasteiger partial charge in [-0.25, -0.2) is 18.0 Å². The van der Waals surface area contributed by atoms with E-state index in [1.54, 1.807) is 27.0 Å². The summed E-state index contributed by atoms with van der Waals surface area (Å²) in [6.07, 6.45) is 0. The number of benzene rings is 2. The number of hydrogen-bond acceptors (Lipinski definition) is 1. The van der Waals surface area contributed by atoms with Gasteiger partial charge in [0.15, 0.2) is 0 Å². The van der Waals surface area contributed by atoms with Crippen molar-refractivity contribution in [3.8, 4) is 0 Å². The molecule has 118 valence electrons. The number of halogens is 3. The summed E-state index contributed by atoms with van der Waals surface area (Å²) in [5, 5.41) is 0. The molecule has 3 nitrogen and oxygen atoms in total. The zero-order valence-corrected chi connectivity index (χ0v) is 12.7. The van der Waals surface area contributed by atoms with Crippen molar-refractivity contribution < 1.29 is 18.0 Å². The van der Waals surface area contributed by atoms with E-state index in [1.807, 2.05) is 0 Å². The molecule has 1 aliphatic rings. The second-order valence-corrected chi connectivity index (χ2v) is 5.62. The molecule has 0 bridgehead atoms. The van der Waals surface area contributed by atoms with E-state index in [0.29, 0.717) is 11.2 Å². The Balaban J connectivity index is 1.94. The Hall–Kier alpha value is -2.44. The van der Waals surface area contributed by atoms with Gasteiger partial charge in [0.2, 0.25) is 0 Å². The Morgan fingerprint density at radius 1 is 1.09 bits per heavy atom. The Bertz CT molecular complexity index is 784. The van der Waals surface area contributed by atoms with E-state index in [0.717, 1.165) is 12.1 Å². The third-order valence-corrected chi connectivity index (χ3v) is 4.14. The smallest absolute Gasteiger partial charge is 0.318 e. The molecule has 2 amide bonds. The minimum absolute atomic E-state index is 0.167. The average molecular weight is 318 g/mol. The first kappa shape index (κ1) is 15.5. The Morgan fingerprint density at radius 2 is 1.83 bits per heavy atom. The van der Waals surface area contributed by atoms with Gasteiger partial charge >= 0.3 is 6.03 Å². The lowest BCUT2D eigenvalue weighted by Crippen LogP contribution is -2.30. The van der Waals surface area contributed by atoms with Crippen LogP contribution in [0.2, 0.25) is 0 Å². The van der Waals surface area contributed by atoms with Crippen LogP contribution in [0.15, 0.2) is 36.4 Å². The lowest BCUT2D eigenvalue weighted by Gasteiger charge is -2.18. The molecule has 0 aromatic heterocycles. The second kappa shape index (κ2) is 5.64. The first-order chi connectivity index (χ1) is 10.9. The predicted octanol–water partition coefficient (Wildman–Crippen LogP) is 1.98. The van der Waals surface area contributed by atoms with Gasteiger partial charge < -0.3 is 4.90 Å². The number of hydrogen-bond donors (Lipinski definition) is 0. The number of likely N-dealkylation sites (N-methyl/N-ethyl adjacent to an activating group) is 1. The van der Waals surface area contributed by atoms with Crippen LogP contribution in [0.5, 0.6) is 0 Å². The lowest BCUT2D eigenvalue weighted by molar-refractivity contribution is 0.218. The molecule has 3 rings (SSSR count). The normalized spacial score (nSPS) is 17.9. The van der Waals surface area contributed by atoms with Crippen molar-refractivity contribution in [2.24, 2.45) is 0 Å². The first-order valence-corrected chi connectivity index (χ1v) is 7.14. The van der Waals surface area contributed by atoms with Crippen molar-refractivity contribution in [1.29, 1.82) is 0 Å².